The number of carbonyl (C=O) groups excluding carboxylic acids is 1. The molecular weight excluding hydrogens is 875 g/mol. The lowest BCUT2D eigenvalue weighted by Crippen LogP contribution is -2.60. The van der Waals surface area contributed by atoms with Crippen LogP contribution >= 0.6 is 0 Å². The Hall–Kier alpha value is -2.37. The van der Waals surface area contributed by atoms with Gasteiger partial charge in [0.05, 0.1) is 25.4 Å². The first-order valence-electron chi connectivity index (χ1n) is 29.2. The maximum Gasteiger partial charge on any atom is 0.220 e. The van der Waals surface area contributed by atoms with Crippen LogP contribution in [0, 0.1) is 0 Å². The maximum atomic E-state index is 13.1. The molecule has 0 spiro atoms. The van der Waals surface area contributed by atoms with Gasteiger partial charge >= 0.3 is 0 Å². The maximum absolute atomic E-state index is 13.1. The number of aliphatic hydroxyl groups is 5. The highest BCUT2D eigenvalue weighted by Crippen LogP contribution is 2.23. The van der Waals surface area contributed by atoms with E-state index in [4.69, 9.17) is 9.47 Å². The van der Waals surface area contributed by atoms with E-state index in [-0.39, 0.29) is 12.5 Å². The smallest absolute Gasteiger partial charge is 0.220 e. The van der Waals surface area contributed by atoms with E-state index in [2.05, 4.69) is 79.9 Å². The molecule has 6 N–H and O–H groups in total. The first-order valence-corrected chi connectivity index (χ1v) is 29.2. The summed E-state index contributed by atoms with van der Waals surface area (Å²) in [5.74, 6) is -0.199. The summed E-state index contributed by atoms with van der Waals surface area (Å²) in [5, 5.41) is 54.5. The molecule has 0 bridgehead atoms. The van der Waals surface area contributed by atoms with E-state index >= 15 is 0 Å². The van der Waals surface area contributed by atoms with E-state index < -0.39 is 49.5 Å². The van der Waals surface area contributed by atoms with Crippen LogP contribution in [-0.2, 0) is 14.3 Å². The summed E-state index contributed by atoms with van der Waals surface area (Å²) >= 11 is 0. The van der Waals surface area contributed by atoms with Crippen LogP contribution in [0.2, 0.25) is 0 Å². The Balaban J connectivity index is 2.29. The lowest BCUT2D eigenvalue weighted by Gasteiger charge is -2.40. The van der Waals surface area contributed by atoms with Crippen molar-refractivity contribution in [3.8, 4) is 0 Å². The van der Waals surface area contributed by atoms with Crippen molar-refractivity contribution in [1.82, 2.24) is 5.32 Å². The molecule has 1 rings (SSSR count). The predicted octanol–water partition coefficient (Wildman–Crippen LogP) is 14.5. The number of carbonyl (C=O) groups is 1. The standard InChI is InChI=1S/C61H109NO8/c1-3-5-7-9-11-13-15-17-19-21-23-25-27-29-30-32-34-36-38-40-42-44-46-48-50-55(64)54(53-69-61-60(68)59(67)58(66)56(52-63)70-61)62-57(65)51-49-47-45-43-41-39-37-35-33-31-28-26-24-22-20-18-16-14-12-10-8-6-4-2/h16,18,22,24,28,31-32,34,40,42,48,50,54-56,58-61,63-64,66-68H,3-15,17,19-21,23,25-27,29-30,33,35-39,41,43-47,49,51-53H2,1-2H3,(H,62,65)/b18-16-,24-22-,31-28-,34-32+,42-40+,50-48+. The Kier molecular flexibility index (Phi) is 47.1. The molecule has 0 aromatic heterocycles. The van der Waals surface area contributed by atoms with Crippen molar-refractivity contribution in [2.24, 2.45) is 0 Å². The van der Waals surface area contributed by atoms with Gasteiger partial charge in [0.1, 0.15) is 24.4 Å². The minimum Gasteiger partial charge on any atom is -0.394 e. The van der Waals surface area contributed by atoms with Crippen molar-refractivity contribution < 1.29 is 39.8 Å². The zero-order valence-corrected chi connectivity index (χ0v) is 45.0. The topological polar surface area (TPSA) is 149 Å². The molecule has 9 heteroatoms. The summed E-state index contributed by atoms with van der Waals surface area (Å²) in [5.41, 5.74) is 0. The Labute approximate surface area is 429 Å². The molecule has 1 aliphatic heterocycles. The van der Waals surface area contributed by atoms with Crippen LogP contribution in [0.4, 0.5) is 0 Å². The largest absolute Gasteiger partial charge is 0.394 e. The Morgan fingerprint density at radius 1 is 0.486 bits per heavy atom. The van der Waals surface area contributed by atoms with E-state index in [1.54, 1.807) is 6.08 Å². The van der Waals surface area contributed by atoms with Gasteiger partial charge in [0, 0.05) is 6.42 Å². The van der Waals surface area contributed by atoms with E-state index in [1.807, 2.05) is 6.08 Å². The Morgan fingerprint density at radius 2 is 0.857 bits per heavy atom. The summed E-state index contributed by atoms with van der Waals surface area (Å²) in [6.45, 7) is 3.75. The SMILES string of the molecule is CCCCCCC/C=C\C/C=C\C/C=C\CCCCCCCCCCC(=O)NC(COC1OC(CO)C(O)C(O)C1O)C(O)/C=C/CC/C=C/CC/C=C/CCCCCCCCCCCCCCCC. The minimum absolute atomic E-state index is 0.199. The number of allylic oxidation sites excluding steroid dienone is 11. The van der Waals surface area contributed by atoms with Crippen LogP contribution in [0.5, 0.6) is 0 Å². The van der Waals surface area contributed by atoms with Gasteiger partial charge in [-0.1, -0.05) is 234 Å². The molecule has 0 aromatic carbocycles. The second kappa shape index (κ2) is 50.2. The van der Waals surface area contributed by atoms with Gasteiger partial charge in [0.25, 0.3) is 0 Å². The fourth-order valence-electron chi connectivity index (χ4n) is 8.84. The third kappa shape index (κ3) is 39.2. The third-order valence-corrected chi connectivity index (χ3v) is 13.5. The molecule has 0 radical (unpaired) electrons. The molecule has 1 aliphatic rings. The van der Waals surface area contributed by atoms with E-state index in [0.717, 1.165) is 70.6 Å². The fourth-order valence-corrected chi connectivity index (χ4v) is 8.84. The molecule has 70 heavy (non-hydrogen) atoms. The van der Waals surface area contributed by atoms with Crippen molar-refractivity contribution in [3.63, 3.8) is 0 Å². The normalized spacial score (nSPS) is 19.9. The fraction of sp³-hybridized carbons (Fsp3) is 0.787. The van der Waals surface area contributed by atoms with Crippen LogP contribution in [-0.4, -0.2) is 87.5 Å². The molecule has 7 unspecified atom stereocenters. The average Bonchev–Trinajstić information content (AvgIpc) is 3.36. The second-order valence-electron chi connectivity index (χ2n) is 20.1. The Bertz CT molecular complexity index is 1330. The molecule has 9 nitrogen and oxygen atoms in total. The van der Waals surface area contributed by atoms with Gasteiger partial charge in [0.2, 0.25) is 5.91 Å². The zero-order valence-electron chi connectivity index (χ0n) is 45.0. The summed E-state index contributed by atoms with van der Waals surface area (Å²) in [4.78, 5) is 13.1. The van der Waals surface area contributed by atoms with E-state index in [1.165, 1.54) is 161 Å². The predicted molar refractivity (Wildman–Crippen MR) is 295 cm³/mol. The molecule has 1 amide bonds. The van der Waals surface area contributed by atoms with Gasteiger partial charge in [0.15, 0.2) is 6.29 Å². The first-order chi connectivity index (χ1) is 34.3. The van der Waals surface area contributed by atoms with Gasteiger partial charge in [-0.2, -0.15) is 0 Å². The number of hydrogen-bond acceptors (Lipinski definition) is 8. The zero-order chi connectivity index (χ0) is 50.8. The van der Waals surface area contributed by atoms with Gasteiger partial charge < -0.3 is 40.3 Å². The number of amides is 1. The number of hydrogen-bond donors (Lipinski definition) is 6. The quantitative estimate of drug-likeness (QED) is 0.0261. The number of unbranched alkanes of at least 4 members (excludes halogenated alkanes) is 29. The van der Waals surface area contributed by atoms with Crippen LogP contribution < -0.4 is 5.32 Å². The van der Waals surface area contributed by atoms with Crippen LogP contribution in [0.25, 0.3) is 0 Å². The van der Waals surface area contributed by atoms with Gasteiger partial charge in [-0.15, -0.1) is 0 Å². The van der Waals surface area contributed by atoms with Crippen LogP contribution in [0.3, 0.4) is 0 Å². The molecule has 1 heterocycles. The molecule has 0 saturated carbocycles. The van der Waals surface area contributed by atoms with Crippen molar-refractivity contribution in [2.75, 3.05) is 13.2 Å². The third-order valence-electron chi connectivity index (χ3n) is 13.5. The number of nitrogens with one attached hydrogen (secondary N) is 1. The van der Waals surface area contributed by atoms with Crippen LogP contribution in [0.15, 0.2) is 72.9 Å². The molecule has 406 valence electrons. The van der Waals surface area contributed by atoms with Crippen molar-refractivity contribution in [1.29, 1.82) is 0 Å². The second-order valence-corrected chi connectivity index (χ2v) is 20.1. The number of aliphatic hydroxyl groups excluding tert-OH is 5. The van der Waals surface area contributed by atoms with Crippen molar-refractivity contribution in [3.05, 3.63) is 72.9 Å². The van der Waals surface area contributed by atoms with Crippen molar-refractivity contribution in [2.45, 2.75) is 294 Å². The summed E-state index contributed by atoms with van der Waals surface area (Å²) < 4.78 is 11.3. The summed E-state index contributed by atoms with van der Waals surface area (Å²) in [6, 6.07) is -0.837. The molecule has 0 aliphatic carbocycles. The van der Waals surface area contributed by atoms with Crippen molar-refractivity contribution >= 4 is 5.91 Å². The lowest BCUT2D eigenvalue weighted by atomic mass is 9.99. The van der Waals surface area contributed by atoms with Gasteiger partial charge in [-0.25, -0.2) is 0 Å². The highest BCUT2D eigenvalue weighted by molar-refractivity contribution is 5.76. The summed E-state index contributed by atoms with van der Waals surface area (Å²) in [6.07, 6.45) is 62.5. The van der Waals surface area contributed by atoms with E-state index in [0.29, 0.717) is 6.42 Å². The van der Waals surface area contributed by atoms with Gasteiger partial charge in [-0.05, 0) is 83.5 Å². The van der Waals surface area contributed by atoms with Crippen LogP contribution in [0.1, 0.15) is 251 Å². The molecule has 7 atom stereocenters. The monoisotopic (exact) mass is 984 g/mol. The van der Waals surface area contributed by atoms with Gasteiger partial charge in [-0.3, -0.25) is 4.79 Å². The molecule has 1 fully saturated rings. The molecule has 1 saturated heterocycles. The first kappa shape index (κ1) is 65.6. The average molecular weight is 985 g/mol. The highest BCUT2D eigenvalue weighted by atomic mass is 16.7. The number of ether oxygens (including phenoxy) is 2. The number of rotatable bonds is 49. The molecular formula is C61H109NO8. The highest BCUT2D eigenvalue weighted by Gasteiger charge is 2.44. The minimum atomic E-state index is -1.58. The molecule has 0 aromatic rings. The summed E-state index contributed by atoms with van der Waals surface area (Å²) in [7, 11) is 0. The Morgan fingerprint density at radius 3 is 1.30 bits per heavy atom. The van der Waals surface area contributed by atoms with E-state index in [9.17, 15) is 30.3 Å². The lowest BCUT2D eigenvalue weighted by molar-refractivity contribution is -0.302.